The van der Waals surface area contributed by atoms with Gasteiger partial charge in [-0.3, -0.25) is 4.79 Å². The maximum absolute atomic E-state index is 13.0. The molecular formula is C23H20BrN3O3S2. The normalized spacial score (nSPS) is 11.9. The zero-order chi connectivity index (χ0) is 22.7. The molecule has 2 aromatic heterocycles. The molecule has 2 heterocycles. The van der Waals surface area contributed by atoms with Gasteiger partial charge in [-0.2, -0.15) is 0 Å². The first-order chi connectivity index (χ1) is 15.5. The van der Waals surface area contributed by atoms with Crippen LogP contribution in [0.3, 0.4) is 0 Å². The van der Waals surface area contributed by atoms with Crippen molar-refractivity contribution in [1.82, 2.24) is 9.97 Å². The van der Waals surface area contributed by atoms with Crippen LogP contribution < -0.4 is 14.8 Å². The van der Waals surface area contributed by atoms with Crippen molar-refractivity contribution in [3.8, 4) is 22.6 Å². The van der Waals surface area contributed by atoms with Crippen LogP contribution in [0.2, 0.25) is 0 Å². The molecule has 0 aliphatic carbocycles. The Morgan fingerprint density at radius 2 is 1.91 bits per heavy atom. The predicted molar refractivity (Wildman–Crippen MR) is 134 cm³/mol. The van der Waals surface area contributed by atoms with Gasteiger partial charge in [0.05, 0.1) is 30.5 Å². The van der Waals surface area contributed by atoms with Gasteiger partial charge < -0.3 is 14.8 Å². The Hall–Kier alpha value is -2.62. The summed E-state index contributed by atoms with van der Waals surface area (Å²) in [7, 11) is 3.14. The Morgan fingerprint density at radius 3 is 2.62 bits per heavy atom. The molecule has 1 N–H and O–H groups in total. The molecule has 0 fully saturated rings. The van der Waals surface area contributed by atoms with Gasteiger partial charge in [0.2, 0.25) is 5.91 Å². The summed E-state index contributed by atoms with van der Waals surface area (Å²) in [5.74, 6) is 1.04. The van der Waals surface area contributed by atoms with Crippen LogP contribution in [0, 0.1) is 0 Å². The average Bonchev–Trinajstić information content (AvgIpc) is 3.24. The molecule has 1 unspecified atom stereocenters. The second-order valence-electron chi connectivity index (χ2n) is 6.83. The fraction of sp³-hybridized carbons (Fsp3) is 0.174. The minimum absolute atomic E-state index is 0.159. The van der Waals surface area contributed by atoms with Crippen LogP contribution in [-0.2, 0) is 4.79 Å². The highest BCUT2D eigenvalue weighted by Crippen LogP contribution is 2.39. The number of nitrogens with zero attached hydrogens (tertiary/aromatic N) is 2. The van der Waals surface area contributed by atoms with Gasteiger partial charge in [0.15, 0.2) is 0 Å². The summed E-state index contributed by atoms with van der Waals surface area (Å²) >= 11 is 6.45. The number of thioether (sulfide) groups is 1. The van der Waals surface area contributed by atoms with Crippen molar-refractivity contribution in [2.24, 2.45) is 0 Å². The third kappa shape index (κ3) is 4.74. The molecule has 0 saturated heterocycles. The molecule has 4 rings (SSSR count). The Bertz CT molecular complexity index is 1260. The number of fused-ring (bicyclic) bond motifs is 1. The molecule has 32 heavy (non-hydrogen) atoms. The number of carbonyl (C=O) groups is 1. The van der Waals surface area contributed by atoms with Crippen LogP contribution in [0.25, 0.3) is 21.3 Å². The van der Waals surface area contributed by atoms with E-state index in [4.69, 9.17) is 9.47 Å². The third-order valence-corrected chi connectivity index (χ3v) is 7.33. The van der Waals surface area contributed by atoms with E-state index in [2.05, 4.69) is 48.7 Å². The van der Waals surface area contributed by atoms with Crippen molar-refractivity contribution in [3.63, 3.8) is 0 Å². The zero-order valence-corrected chi connectivity index (χ0v) is 20.8. The maximum Gasteiger partial charge on any atom is 0.237 e. The number of hydrogen-bond acceptors (Lipinski definition) is 7. The fourth-order valence-corrected chi connectivity index (χ4v) is 5.32. The lowest BCUT2D eigenvalue weighted by molar-refractivity contribution is -0.115. The molecular weight excluding hydrogens is 510 g/mol. The van der Waals surface area contributed by atoms with Gasteiger partial charge >= 0.3 is 0 Å². The largest absolute Gasteiger partial charge is 0.497 e. The van der Waals surface area contributed by atoms with Crippen molar-refractivity contribution in [1.29, 1.82) is 0 Å². The third-order valence-electron chi connectivity index (χ3n) is 4.81. The van der Waals surface area contributed by atoms with Gasteiger partial charge in [0.1, 0.15) is 27.7 Å². The quantitative estimate of drug-likeness (QED) is 0.225. The van der Waals surface area contributed by atoms with E-state index in [-0.39, 0.29) is 5.91 Å². The SMILES string of the molecule is COc1ccc(OC)c(NC(=O)C(C)Sc2ncnc3scc(-c4ccc(Br)cc4)c23)c1. The van der Waals surface area contributed by atoms with Gasteiger partial charge in [0, 0.05) is 21.5 Å². The molecule has 4 aromatic rings. The highest BCUT2D eigenvalue weighted by atomic mass is 79.9. The Balaban J connectivity index is 1.60. The highest BCUT2D eigenvalue weighted by molar-refractivity contribution is 9.10. The molecule has 1 atom stereocenters. The van der Waals surface area contributed by atoms with Gasteiger partial charge in [-0.05, 0) is 36.8 Å². The van der Waals surface area contributed by atoms with Crippen molar-refractivity contribution < 1.29 is 14.3 Å². The Labute approximate surface area is 202 Å². The minimum Gasteiger partial charge on any atom is -0.497 e. The molecule has 0 radical (unpaired) electrons. The molecule has 0 spiro atoms. The summed E-state index contributed by atoms with van der Waals surface area (Å²) in [6.45, 7) is 1.85. The number of carbonyl (C=O) groups excluding carboxylic acids is 1. The number of methoxy groups -OCH3 is 2. The van der Waals surface area contributed by atoms with E-state index in [1.807, 2.05) is 19.1 Å². The van der Waals surface area contributed by atoms with E-state index in [1.54, 1.807) is 50.1 Å². The molecule has 2 aromatic carbocycles. The van der Waals surface area contributed by atoms with E-state index in [0.29, 0.717) is 17.2 Å². The van der Waals surface area contributed by atoms with Gasteiger partial charge in [-0.1, -0.05) is 39.8 Å². The van der Waals surface area contributed by atoms with Crippen molar-refractivity contribution >= 4 is 60.8 Å². The molecule has 0 aliphatic heterocycles. The monoisotopic (exact) mass is 529 g/mol. The second kappa shape index (κ2) is 9.89. The van der Waals surface area contributed by atoms with Gasteiger partial charge in [-0.25, -0.2) is 9.97 Å². The Kier molecular flexibility index (Phi) is 6.98. The summed E-state index contributed by atoms with van der Waals surface area (Å²) in [5.41, 5.74) is 2.69. The van der Waals surface area contributed by atoms with Gasteiger partial charge in [-0.15, -0.1) is 11.3 Å². The Morgan fingerprint density at radius 1 is 1.12 bits per heavy atom. The number of aromatic nitrogens is 2. The first-order valence-corrected chi connectivity index (χ1v) is 12.2. The molecule has 1 amide bonds. The number of thiophene rings is 1. The lowest BCUT2D eigenvalue weighted by Crippen LogP contribution is -2.22. The number of rotatable bonds is 7. The number of nitrogens with one attached hydrogen (secondary N) is 1. The average molecular weight is 530 g/mol. The fourth-order valence-electron chi connectivity index (χ4n) is 3.15. The van der Waals surface area contributed by atoms with Gasteiger partial charge in [0.25, 0.3) is 0 Å². The number of benzene rings is 2. The summed E-state index contributed by atoms with van der Waals surface area (Å²) in [4.78, 5) is 22.8. The number of amides is 1. The zero-order valence-electron chi connectivity index (χ0n) is 17.6. The number of halogens is 1. The number of anilines is 1. The highest BCUT2D eigenvalue weighted by Gasteiger charge is 2.21. The number of hydrogen-bond donors (Lipinski definition) is 1. The molecule has 9 heteroatoms. The molecule has 6 nitrogen and oxygen atoms in total. The second-order valence-corrected chi connectivity index (χ2v) is 9.93. The maximum atomic E-state index is 13.0. The van der Waals surface area contributed by atoms with E-state index in [1.165, 1.54) is 11.8 Å². The van der Waals surface area contributed by atoms with Crippen molar-refractivity contribution in [2.75, 3.05) is 19.5 Å². The van der Waals surface area contributed by atoms with Crippen LogP contribution in [0.4, 0.5) is 5.69 Å². The van der Waals surface area contributed by atoms with Crippen LogP contribution in [0.5, 0.6) is 11.5 Å². The first kappa shape index (κ1) is 22.6. The summed E-state index contributed by atoms with van der Waals surface area (Å²) in [5, 5.41) is 6.35. The lowest BCUT2D eigenvalue weighted by atomic mass is 10.1. The summed E-state index contributed by atoms with van der Waals surface area (Å²) in [6.07, 6.45) is 1.54. The summed E-state index contributed by atoms with van der Waals surface area (Å²) < 4.78 is 11.6. The molecule has 0 saturated carbocycles. The van der Waals surface area contributed by atoms with Crippen LogP contribution >= 0.6 is 39.0 Å². The molecule has 0 aliphatic rings. The topological polar surface area (TPSA) is 73.3 Å². The van der Waals surface area contributed by atoms with Crippen molar-refractivity contribution in [3.05, 3.63) is 58.6 Å². The number of ether oxygens (including phenoxy) is 2. The van der Waals surface area contributed by atoms with Crippen LogP contribution in [-0.4, -0.2) is 35.3 Å². The van der Waals surface area contributed by atoms with Crippen LogP contribution in [0.1, 0.15) is 6.92 Å². The summed E-state index contributed by atoms with van der Waals surface area (Å²) in [6, 6.07) is 13.4. The molecule has 0 bridgehead atoms. The lowest BCUT2D eigenvalue weighted by Gasteiger charge is -2.15. The van der Waals surface area contributed by atoms with E-state index >= 15 is 0 Å². The predicted octanol–water partition coefficient (Wildman–Crippen LogP) is 6.26. The first-order valence-electron chi connectivity index (χ1n) is 9.68. The van der Waals surface area contributed by atoms with E-state index in [9.17, 15) is 4.79 Å². The van der Waals surface area contributed by atoms with E-state index < -0.39 is 5.25 Å². The van der Waals surface area contributed by atoms with Crippen LogP contribution in [0.15, 0.2) is 63.7 Å². The standard InChI is InChI=1S/C23H20BrN3O3S2/c1-13(21(28)27-18-10-16(29-2)8-9-19(18)30-3)32-23-20-17(11-31-22(20)25-12-26-23)14-4-6-15(24)7-5-14/h4-13H,1-3H3,(H,27,28). The smallest absolute Gasteiger partial charge is 0.237 e. The molecule has 164 valence electrons. The minimum atomic E-state index is -0.401. The van der Waals surface area contributed by atoms with E-state index in [0.717, 1.165) is 30.8 Å². The van der Waals surface area contributed by atoms with Crippen molar-refractivity contribution in [2.45, 2.75) is 17.2 Å².